The van der Waals surface area contributed by atoms with Crippen LogP contribution in [0.4, 0.5) is 5.82 Å². The Kier molecular flexibility index (Phi) is 6.56. The van der Waals surface area contributed by atoms with Gasteiger partial charge in [0.15, 0.2) is 17.0 Å². The number of hydrogen-bond acceptors (Lipinski definition) is 6. The van der Waals surface area contributed by atoms with Gasteiger partial charge in [0.25, 0.3) is 0 Å². The van der Waals surface area contributed by atoms with Gasteiger partial charge in [0.2, 0.25) is 5.82 Å². The van der Waals surface area contributed by atoms with Crippen molar-refractivity contribution in [3.8, 4) is 6.07 Å². The molecule has 3 heterocycles. The highest BCUT2D eigenvalue weighted by atomic mass is 15.2. The number of benzene rings is 1. The summed E-state index contributed by atoms with van der Waals surface area (Å²) in [5, 5.41) is 16.1. The maximum atomic E-state index is 9.33. The number of aromatic nitrogens is 4. The number of aryl methyl sites for hydroxylation is 1. The monoisotopic (exact) mass is 377 g/mol. The molecular formula is C21H27N7. The Morgan fingerprint density at radius 3 is 2.68 bits per heavy atom. The molecule has 1 fully saturated rings. The van der Waals surface area contributed by atoms with Gasteiger partial charge in [0.05, 0.1) is 12.5 Å². The maximum Gasteiger partial charge on any atom is 0.236 e. The minimum Gasteiger partial charge on any atom is -0.364 e. The summed E-state index contributed by atoms with van der Waals surface area (Å²) in [6.07, 6.45) is 5.35. The summed E-state index contributed by atoms with van der Waals surface area (Å²) >= 11 is 0. The highest BCUT2D eigenvalue weighted by molar-refractivity contribution is 5.83. The van der Waals surface area contributed by atoms with Crippen LogP contribution in [0.25, 0.3) is 11.2 Å². The van der Waals surface area contributed by atoms with E-state index in [1.165, 1.54) is 18.4 Å². The molecule has 7 nitrogen and oxygen atoms in total. The molecule has 28 heavy (non-hydrogen) atoms. The Bertz CT molecular complexity index is 947. The van der Waals surface area contributed by atoms with E-state index in [0.717, 1.165) is 18.5 Å². The lowest BCUT2D eigenvalue weighted by molar-refractivity contribution is 0.325. The number of rotatable bonds is 4. The first-order valence-electron chi connectivity index (χ1n) is 9.92. The van der Waals surface area contributed by atoms with Crippen molar-refractivity contribution < 1.29 is 0 Å². The summed E-state index contributed by atoms with van der Waals surface area (Å²) in [5.74, 6) is 0.753. The van der Waals surface area contributed by atoms with Crippen LogP contribution < -0.4 is 10.6 Å². The molecule has 1 aliphatic heterocycles. The number of nitrogens with one attached hydrogen (secondary N) is 2. The van der Waals surface area contributed by atoms with Crippen LogP contribution >= 0.6 is 0 Å². The van der Waals surface area contributed by atoms with Gasteiger partial charge < -0.3 is 5.32 Å². The second-order valence-corrected chi connectivity index (χ2v) is 6.64. The molecule has 1 aliphatic rings. The molecular weight excluding hydrogens is 350 g/mol. The molecule has 7 heteroatoms. The SMILES string of the molecule is CC.Cc1ccc(CNc2nc(C#N)nc3c2ncn3C2CCCCN2)cc1. The Labute approximate surface area is 165 Å². The van der Waals surface area contributed by atoms with Crippen LogP contribution in [0.1, 0.15) is 56.2 Å². The first kappa shape index (κ1) is 19.8. The van der Waals surface area contributed by atoms with Crippen LogP contribution in [-0.2, 0) is 6.54 Å². The third-order valence-electron chi connectivity index (χ3n) is 4.72. The van der Waals surface area contributed by atoms with E-state index in [4.69, 9.17) is 0 Å². The predicted molar refractivity (Wildman–Crippen MR) is 111 cm³/mol. The van der Waals surface area contributed by atoms with Crippen LogP contribution in [0.5, 0.6) is 0 Å². The van der Waals surface area contributed by atoms with E-state index in [9.17, 15) is 5.26 Å². The van der Waals surface area contributed by atoms with Crippen molar-refractivity contribution in [1.82, 2.24) is 24.8 Å². The second-order valence-electron chi connectivity index (χ2n) is 6.64. The number of nitrogens with zero attached hydrogens (tertiary/aromatic N) is 5. The minimum absolute atomic E-state index is 0.154. The van der Waals surface area contributed by atoms with Crippen LogP contribution in [-0.4, -0.2) is 26.1 Å². The number of imidazole rings is 1. The molecule has 4 rings (SSSR count). The Hall–Kier alpha value is -2.98. The van der Waals surface area contributed by atoms with E-state index in [0.29, 0.717) is 23.5 Å². The van der Waals surface area contributed by atoms with E-state index < -0.39 is 0 Å². The molecule has 0 radical (unpaired) electrons. The standard InChI is InChI=1S/C19H21N7.C2H6/c1-13-5-7-14(8-6-13)11-22-18-17-19(25-15(10-20)24-18)26(12-23-17)16-4-2-3-9-21-16;1-2/h5-8,12,16,21H,2-4,9,11H2,1H3,(H,22,24,25);1-2H3. The van der Waals surface area contributed by atoms with Gasteiger partial charge in [-0.25, -0.2) is 4.98 Å². The van der Waals surface area contributed by atoms with Crippen molar-refractivity contribution >= 4 is 17.0 Å². The van der Waals surface area contributed by atoms with Gasteiger partial charge in [-0.05, 0) is 38.3 Å². The zero-order chi connectivity index (χ0) is 19.9. The lowest BCUT2D eigenvalue weighted by Gasteiger charge is -2.24. The van der Waals surface area contributed by atoms with Crippen LogP contribution in [0.3, 0.4) is 0 Å². The highest BCUT2D eigenvalue weighted by Gasteiger charge is 2.20. The predicted octanol–water partition coefficient (Wildman–Crippen LogP) is 3.92. The van der Waals surface area contributed by atoms with Crippen molar-refractivity contribution in [1.29, 1.82) is 5.26 Å². The van der Waals surface area contributed by atoms with Crippen molar-refractivity contribution in [2.24, 2.45) is 0 Å². The largest absolute Gasteiger partial charge is 0.364 e. The Morgan fingerprint density at radius 1 is 1.21 bits per heavy atom. The average Bonchev–Trinajstić information content (AvgIpc) is 3.19. The van der Waals surface area contributed by atoms with Crippen molar-refractivity contribution in [3.63, 3.8) is 0 Å². The highest BCUT2D eigenvalue weighted by Crippen LogP contribution is 2.25. The van der Waals surface area contributed by atoms with Gasteiger partial charge in [0, 0.05) is 6.54 Å². The molecule has 1 saturated heterocycles. The van der Waals surface area contributed by atoms with E-state index in [2.05, 4.69) is 62.8 Å². The fourth-order valence-electron chi connectivity index (χ4n) is 3.28. The van der Waals surface area contributed by atoms with Crippen molar-refractivity contribution in [2.45, 2.75) is 52.7 Å². The summed E-state index contributed by atoms with van der Waals surface area (Å²) in [5.41, 5.74) is 3.77. The van der Waals surface area contributed by atoms with Gasteiger partial charge in [-0.3, -0.25) is 9.88 Å². The van der Waals surface area contributed by atoms with Gasteiger partial charge in [-0.2, -0.15) is 15.2 Å². The van der Waals surface area contributed by atoms with E-state index >= 15 is 0 Å². The average molecular weight is 377 g/mol. The molecule has 0 aliphatic carbocycles. The third kappa shape index (κ3) is 4.29. The molecule has 0 bridgehead atoms. The zero-order valence-corrected chi connectivity index (χ0v) is 16.7. The number of nitriles is 1. The van der Waals surface area contributed by atoms with Crippen molar-refractivity contribution in [3.05, 3.63) is 47.5 Å². The number of anilines is 1. The maximum absolute atomic E-state index is 9.33. The molecule has 146 valence electrons. The first-order chi connectivity index (χ1) is 13.7. The van der Waals surface area contributed by atoms with Crippen LogP contribution in [0, 0.1) is 18.3 Å². The fraction of sp³-hybridized carbons (Fsp3) is 0.429. The molecule has 3 aromatic rings. The van der Waals surface area contributed by atoms with Crippen LogP contribution in [0.15, 0.2) is 30.6 Å². The lowest BCUT2D eigenvalue weighted by Crippen LogP contribution is -2.31. The molecule has 2 N–H and O–H groups in total. The van der Waals surface area contributed by atoms with Crippen LogP contribution in [0.2, 0.25) is 0 Å². The minimum atomic E-state index is 0.154. The normalized spacial score (nSPS) is 16.1. The van der Waals surface area contributed by atoms with E-state index in [1.807, 2.05) is 18.4 Å². The Morgan fingerprint density at radius 2 is 2.00 bits per heavy atom. The molecule has 0 spiro atoms. The molecule has 0 saturated carbocycles. The summed E-state index contributed by atoms with van der Waals surface area (Å²) in [7, 11) is 0. The second kappa shape index (κ2) is 9.29. The van der Waals surface area contributed by atoms with Gasteiger partial charge >= 0.3 is 0 Å². The number of piperidine rings is 1. The fourth-order valence-corrected chi connectivity index (χ4v) is 3.28. The summed E-state index contributed by atoms with van der Waals surface area (Å²) in [6.45, 7) is 7.67. The molecule has 1 atom stereocenters. The number of fused-ring (bicyclic) bond motifs is 1. The van der Waals surface area contributed by atoms with E-state index in [-0.39, 0.29) is 12.0 Å². The van der Waals surface area contributed by atoms with Gasteiger partial charge in [0.1, 0.15) is 6.07 Å². The quantitative estimate of drug-likeness (QED) is 0.716. The van der Waals surface area contributed by atoms with Crippen molar-refractivity contribution in [2.75, 3.05) is 11.9 Å². The Balaban J connectivity index is 0.00000109. The zero-order valence-electron chi connectivity index (χ0n) is 16.7. The van der Waals surface area contributed by atoms with E-state index in [1.54, 1.807) is 6.33 Å². The summed E-state index contributed by atoms with van der Waals surface area (Å²) < 4.78 is 2.02. The smallest absolute Gasteiger partial charge is 0.236 e. The summed E-state index contributed by atoms with van der Waals surface area (Å²) in [4.78, 5) is 13.3. The molecule has 1 aromatic carbocycles. The first-order valence-corrected chi connectivity index (χ1v) is 9.92. The lowest BCUT2D eigenvalue weighted by atomic mass is 10.1. The molecule has 2 aromatic heterocycles. The topological polar surface area (TPSA) is 91.5 Å². The van der Waals surface area contributed by atoms with Gasteiger partial charge in [-0.1, -0.05) is 43.7 Å². The molecule has 1 unspecified atom stereocenters. The molecule has 0 amide bonds. The third-order valence-corrected chi connectivity index (χ3v) is 4.72. The number of hydrogen-bond donors (Lipinski definition) is 2. The van der Waals surface area contributed by atoms with Gasteiger partial charge in [-0.15, -0.1) is 0 Å². The summed E-state index contributed by atoms with van der Waals surface area (Å²) in [6, 6.07) is 10.4.